The molecule has 0 saturated carbocycles. The molecule has 0 fully saturated rings. The van der Waals surface area contributed by atoms with Crippen LogP contribution in [0.15, 0.2) is 279 Å². The first-order valence-corrected chi connectivity index (χ1v) is 27.7. The van der Waals surface area contributed by atoms with Gasteiger partial charge in [-0.25, -0.2) is 0 Å². The van der Waals surface area contributed by atoms with Crippen LogP contribution in [0, 0.1) is 0 Å². The molecule has 0 aliphatic carbocycles. The topological polar surface area (TPSA) is 84.0 Å². The van der Waals surface area contributed by atoms with Gasteiger partial charge in [-0.05, 0) is 157 Å². The van der Waals surface area contributed by atoms with Crippen LogP contribution in [0.3, 0.4) is 0 Å². The number of para-hydroxylation sites is 12. The number of carbonyl (C=O) groups is 2. The van der Waals surface area contributed by atoms with Crippen molar-refractivity contribution in [3.63, 3.8) is 0 Å². The fourth-order valence-electron chi connectivity index (χ4n) is 11.9. The molecule has 10 heteroatoms. The predicted octanol–water partition coefficient (Wildman–Crippen LogP) is 20.1. The number of hydrogen-bond donors (Lipinski definition) is 0. The molecule has 12 aromatic carbocycles. The van der Waals surface area contributed by atoms with Crippen molar-refractivity contribution in [1.29, 1.82) is 0 Å². The van der Waals surface area contributed by atoms with E-state index in [1.165, 1.54) is 0 Å². The third kappa shape index (κ3) is 8.11. The molecule has 10 nitrogen and oxygen atoms in total. The van der Waals surface area contributed by atoms with Crippen molar-refractivity contribution in [2.24, 2.45) is 0 Å². The van der Waals surface area contributed by atoms with Gasteiger partial charge in [-0.1, -0.05) is 133 Å². The van der Waals surface area contributed by atoms with Crippen molar-refractivity contribution in [1.82, 2.24) is 0 Å². The van der Waals surface area contributed by atoms with E-state index in [2.05, 4.69) is 56.0 Å². The second kappa shape index (κ2) is 19.6. The summed E-state index contributed by atoms with van der Waals surface area (Å²) in [6.45, 7) is 0. The highest BCUT2D eigenvalue weighted by molar-refractivity contribution is 6.12. The summed E-state index contributed by atoms with van der Waals surface area (Å²) in [5.41, 5.74) is 14.3. The van der Waals surface area contributed by atoms with Crippen LogP contribution in [0.4, 0.5) is 68.2 Å². The Hall–Kier alpha value is -11.6. The van der Waals surface area contributed by atoms with Gasteiger partial charge in [0.2, 0.25) is 0 Å². The molecule has 84 heavy (non-hydrogen) atoms. The number of rotatable bonds is 9. The van der Waals surface area contributed by atoms with E-state index in [9.17, 15) is 9.59 Å². The van der Waals surface area contributed by atoms with Crippen molar-refractivity contribution in [3.05, 3.63) is 301 Å². The van der Waals surface area contributed by atoms with Crippen molar-refractivity contribution in [3.8, 4) is 57.1 Å². The first kappa shape index (κ1) is 48.3. The molecule has 0 unspecified atom stereocenters. The maximum atomic E-state index is 14.7. The lowest BCUT2D eigenvalue weighted by Crippen LogP contribution is -2.17. The highest BCUT2D eigenvalue weighted by Gasteiger charge is 2.32. The zero-order chi connectivity index (χ0) is 55.8. The SMILES string of the molecule is O=C(c1cccc(N2c3ccccc3Oc3ccccc32)c1)c1cccc(N2c3ccccc3Oc3cc(-c4ccc5c(c4)Oc4ccccc4N5c4cccc(C(=O)c5cccc(N6c7ccccc7Oc7ccccc76)c5)c4)ccc32)c1. The first-order valence-electron chi connectivity index (χ1n) is 27.7. The third-order valence-corrected chi connectivity index (χ3v) is 15.7. The second-order valence-corrected chi connectivity index (χ2v) is 20.8. The van der Waals surface area contributed by atoms with Crippen molar-refractivity contribution < 1.29 is 28.5 Å². The van der Waals surface area contributed by atoms with Gasteiger partial charge in [0.25, 0.3) is 0 Å². The number of ketones is 2. The monoisotopic (exact) mass is 1090 g/mol. The Labute approximate surface area is 484 Å². The van der Waals surface area contributed by atoms with Crippen molar-refractivity contribution in [2.75, 3.05) is 19.6 Å². The maximum absolute atomic E-state index is 14.7. The average Bonchev–Trinajstić information content (AvgIpc) is 1.56. The van der Waals surface area contributed by atoms with Crippen LogP contribution in [0.25, 0.3) is 11.1 Å². The summed E-state index contributed by atoms with van der Waals surface area (Å²) in [7, 11) is 0. The van der Waals surface area contributed by atoms with Crippen LogP contribution in [0.1, 0.15) is 31.8 Å². The van der Waals surface area contributed by atoms with Crippen LogP contribution in [0.2, 0.25) is 0 Å². The molecule has 16 rings (SSSR count). The second-order valence-electron chi connectivity index (χ2n) is 20.8. The zero-order valence-corrected chi connectivity index (χ0v) is 44.8. The lowest BCUT2D eigenvalue weighted by Gasteiger charge is -2.34. The summed E-state index contributed by atoms with van der Waals surface area (Å²) in [5, 5.41) is 0. The molecule has 0 N–H and O–H groups in total. The summed E-state index contributed by atoms with van der Waals surface area (Å²) < 4.78 is 26.0. The van der Waals surface area contributed by atoms with Crippen LogP contribution < -0.4 is 38.5 Å². The van der Waals surface area contributed by atoms with Gasteiger partial charge in [0, 0.05) is 45.0 Å². The number of fused-ring (bicyclic) bond motifs is 8. The predicted molar refractivity (Wildman–Crippen MR) is 331 cm³/mol. The maximum Gasteiger partial charge on any atom is 0.193 e. The molecule has 4 aliphatic rings. The van der Waals surface area contributed by atoms with Crippen LogP contribution >= 0.6 is 0 Å². The molecule has 0 saturated heterocycles. The summed E-state index contributed by atoms with van der Waals surface area (Å²) in [6, 6.07) is 91.1. The number of hydrogen-bond acceptors (Lipinski definition) is 10. The van der Waals surface area contributed by atoms with Crippen LogP contribution in [0.5, 0.6) is 46.0 Å². The molecule has 0 atom stereocenters. The van der Waals surface area contributed by atoms with Gasteiger partial charge in [0.1, 0.15) is 0 Å². The number of carbonyl (C=O) groups excluding carboxylic acids is 2. The summed E-state index contributed by atoms with van der Waals surface area (Å²) >= 11 is 0. The van der Waals surface area contributed by atoms with E-state index in [0.717, 1.165) is 102 Å². The Bertz CT molecular complexity index is 4300. The van der Waals surface area contributed by atoms with Gasteiger partial charge >= 0.3 is 0 Å². The van der Waals surface area contributed by atoms with Crippen LogP contribution in [-0.4, -0.2) is 11.6 Å². The van der Waals surface area contributed by atoms with Gasteiger partial charge in [-0.3, -0.25) is 9.59 Å². The third-order valence-electron chi connectivity index (χ3n) is 15.7. The Morgan fingerprint density at radius 1 is 0.214 bits per heavy atom. The van der Waals surface area contributed by atoms with E-state index in [0.29, 0.717) is 45.3 Å². The summed E-state index contributed by atoms with van der Waals surface area (Å²) in [4.78, 5) is 37.9. The van der Waals surface area contributed by atoms with Crippen molar-refractivity contribution in [2.45, 2.75) is 0 Å². The smallest absolute Gasteiger partial charge is 0.193 e. The Morgan fingerprint density at radius 3 is 0.702 bits per heavy atom. The number of benzene rings is 12. The van der Waals surface area contributed by atoms with Gasteiger partial charge in [-0.15, -0.1) is 0 Å². The standard InChI is InChI=1S/C74H46N4O6/c79-73(49-17-13-21-53(41-49)75-57-25-1-7-31-65(57)81-66-32-8-2-26-58(66)75)51-19-15-23-55(43-51)77-61-29-5-11-35-69(61)83-71-45-47(37-39-63(71)77)48-38-40-64-72(46-48)84-70-36-12-6-30-62(70)78(64)56-24-16-20-52(44-56)74(80)50-18-14-22-54(42-50)76-59-27-3-9-33-67(59)82-68-34-10-4-28-60(68)76/h1-46H. The molecule has 12 aromatic rings. The molecule has 0 amide bonds. The van der Waals surface area contributed by atoms with Crippen molar-refractivity contribution >= 4 is 79.8 Å². The quantitative estimate of drug-likeness (QED) is 0.130. The normalized spacial score (nSPS) is 12.9. The van der Waals surface area contributed by atoms with Crippen LogP contribution in [-0.2, 0) is 0 Å². The summed E-state index contributed by atoms with van der Waals surface area (Å²) in [6.07, 6.45) is 0. The van der Waals surface area contributed by atoms with E-state index in [1.807, 2.05) is 243 Å². The Kier molecular flexibility index (Phi) is 11.3. The van der Waals surface area contributed by atoms with E-state index >= 15 is 0 Å². The van der Waals surface area contributed by atoms with Gasteiger partial charge in [0.05, 0.1) is 45.5 Å². The lowest BCUT2D eigenvalue weighted by molar-refractivity contribution is 0.103. The Balaban J connectivity index is 0.703. The largest absolute Gasteiger partial charge is 0.453 e. The van der Waals surface area contributed by atoms with E-state index in [-0.39, 0.29) is 11.6 Å². The van der Waals surface area contributed by atoms with E-state index in [4.69, 9.17) is 18.9 Å². The molecule has 0 bridgehead atoms. The molecular formula is C74H46N4O6. The summed E-state index contributed by atoms with van der Waals surface area (Å²) in [5.74, 6) is 5.42. The van der Waals surface area contributed by atoms with E-state index in [1.54, 1.807) is 0 Å². The number of anilines is 12. The fourth-order valence-corrected chi connectivity index (χ4v) is 11.9. The van der Waals surface area contributed by atoms with E-state index < -0.39 is 0 Å². The number of nitrogens with zero attached hydrogens (tertiary/aromatic N) is 4. The fraction of sp³-hybridized carbons (Fsp3) is 0. The molecule has 398 valence electrons. The molecule has 4 heterocycles. The van der Waals surface area contributed by atoms with Gasteiger partial charge in [-0.2, -0.15) is 0 Å². The Morgan fingerprint density at radius 2 is 0.440 bits per heavy atom. The first-order chi connectivity index (χ1) is 41.5. The van der Waals surface area contributed by atoms with Gasteiger partial charge in [0.15, 0.2) is 57.6 Å². The molecule has 0 radical (unpaired) electrons. The minimum Gasteiger partial charge on any atom is -0.453 e. The van der Waals surface area contributed by atoms with Gasteiger partial charge < -0.3 is 38.5 Å². The molecule has 0 spiro atoms. The minimum absolute atomic E-state index is 0.105. The minimum atomic E-state index is -0.105. The number of ether oxygens (including phenoxy) is 4. The highest BCUT2D eigenvalue weighted by Crippen LogP contribution is 2.56. The molecule has 4 aliphatic heterocycles. The molecule has 0 aromatic heterocycles. The molecular weight excluding hydrogens is 1040 g/mol. The highest BCUT2D eigenvalue weighted by atomic mass is 16.5. The lowest BCUT2D eigenvalue weighted by atomic mass is 9.99. The average molecular weight is 1090 g/mol. The zero-order valence-electron chi connectivity index (χ0n) is 44.8.